The van der Waals surface area contributed by atoms with Gasteiger partial charge in [-0.3, -0.25) is 0 Å². The third-order valence-electron chi connectivity index (χ3n) is 4.01. The van der Waals surface area contributed by atoms with E-state index in [4.69, 9.17) is 17.4 Å². The van der Waals surface area contributed by atoms with Gasteiger partial charge in [0.25, 0.3) is 0 Å². The molecule has 1 nitrogen and oxygen atoms in total. The molecule has 0 aromatic carbocycles. The fourth-order valence-corrected chi connectivity index (χ4v) is 6.15. The monoisotopic (exact) mass is 308 g/mol. The summed E-state index contributed by atoms with van der Waals surface area (Å²) in [6.07, 6.45) is 2.00. The third-order valence-corrected chi connectivity index (χ3v) is 6.57. The number of rotatable bonds is 0. The first kappa shape index (κ1) is 12.3. The van der Waals surface area contributed by atoms with Gasteiger partial charge in [-0.15, -0.1) is 22.7 Å². The van der Waals surface area contributed by atoms with E-state index in [0.29, 0.717) is 0 Å². The molecule has 2 aromatic heterocycles. The van der Waals surface area contributed by atoms with Crippen LogP contribution in [-0.4, -0.2) is 4.75 Å². The van der Waals surface area contributed by atoms with E-state index >= 15 is 0 Å². The molecule has 1 spiro atoms. The van der Waals surface area contributed by atoms with Gasteiger partial charge < -0.3 is 4.74 Å². The summed E-state index contributed by atoms with van der Waals surface area (Å²) in [5, 5.41) is 0. The van der Waals surface area contributed by atoms with Crippen molar-refractivity contribution >= 4 is 35.3 Å². The summed E-state index contributed by atoms with van der Waals surface area (Å²) in [6.45, 7) is 6.55. The van der Waals surface area contributed by atoms with E-state index in [2.05, 4.69) is 32.9 Å². The molecule has 1 aliphatic heterocycles. The molecule has 0 unspecified atom stereocenters. The molecule has 0 amide bonds. The lowest BCUT2D eigenvalue weighted by molar-refractivity contribution is -0.0351. The van der Waals surface area contributed by atoms with Crippen LogP contribution < -0.4 is 4.74 Å². The molecule has 0 bridgehead atoms. The predicted octanol–water partition coefficient (Wildman–Crippen LogP) is 5.16. The summed E-state index contributed by atoms with van der Waals surface area (Å²) >= 11 is 8.48. The lowest BCUT2D eigenvalue weighted by atomic mass is 9.66. The quantitative estimate of drug-likeness (QED) is 0.661. The van der Waals surface area contributed by atoms with Crippen molar-refractivity contribution in [1.82, 2.24) is 0 Å². The molecule has 19 heavy (non-hydrogen) atoms. The highest BCUT2D eigenvalue weighted by molar-refractivity contribution is 7.81. The van der Waals surface area contributed by atoms with Crippen LogP contribution in [0.15, 0.2) is 12.1 Å². The fraction of sp³-hybridized carbons (Fsp3) is 0.467. The molecule has 4 heteroatoms. The zero-order valence-corrected chi connectivity index (χ0v) is 13.8. The maximum absolute atomic E-state index is 6.42. The SMILES string of the molecule is Cc1cc2c(s1)-c1sc(C)cc1C1(CC(C)(S)C1)O2. The number of thiol groups is 1. The Balaban J connectivity index is 1.91. The first-order chi connectivity index (χ1) is 8.89. The molecular formula is C15H16OS3. The van der Waals surface area contributed by atoms with Crippen LogP contribution in [0.5, 0.6) is 5.75 Å². The van der Waals surface area contributed by atoms with Crippen molar-refractivity contribution in [1.29, 1.82) is 0 Å². The number of hydrogen-bond acceptors (Lipinski definition) is 4. The molecule has 2 aliphatic rings. The Kier molecular flexibility index (Phi) is 2.33. The van der Waals surface area contributed by atoms with Crippen molar-refractivity contribution in [2.45, 2.75) is 44.0 Å². The summed E-state index contributed by atoms with van der Waals surface area (Å²) in [5.41, 5.74) is 1.28. The van der Waals surface area contributed by atoms with Gasteiger partial charge in [-0.1, -0.05) is 6.92 Å². The topological polar surface area (TPSA) is 9.23 Å². The van der Waals surface area contributed by atoms with Crippen LogP contribution in [0.1, 0.15) is 35.1 Å². The second kappa shape index (κ2) is 3.60. The first-order valence-corrected chi connectivity index (χ1v) is 8.60. The van der Waals surface area contributed by atoms with Gasteiger partial charge in [-0.05, 0) is 26.0 Å². The normalized spacial score (nSPS) is 31.6. The van der Waals surface area contributed by atoms with Crippen molar-refractivity contribution in [2.24, 2.45) is 0 Å². The van der Waals surface area contributed by atoms with Crippen LogP contribution in [0.3, 0.4) is 0 Å². The molecule has 0 N–H and O–H groups in total. The largest absolute Gasteiger partial charge is 0.481 e. The van der Waals surface area contributed by atoms with E-state index in [9.17, 15) is 0 Å². The molecule has 1 saturated carbocycles. The van der Waals surface area contributed by atoms with Crippen molar-refractivity contribution in [3.05, 3.63) is 27.5 Å². The second-order valence-electron chi connectivity index (χ2n) is 6.10. The van der Waals surface area contributed by atoms with Gasteiger partial charge in [0.1, 0.15) is 11.4 Å². The Morgan fingerprint density at radius 3 is 2.42 bits per heavy atom. The van der Waals surface area contributed by atoms with Crippen LogP contribution in [-0.2, 0) is 5.60 Å². The van der Waals surface area contributed by atoms with E-state index in [1.807, 2.05) is 22.7 Å². The average Bonchev–Trinajstić information content (AvgIpc) is 2.78. The number of thiophene rings is 2. The number of hydrogen-bond donors (Lipinski definition) is 1. The van der Waals surface area contributed by atoms with Gasteiger partial charge in [-0.25, -0.2) is 0 Å². The maximum atomic E-state index is 6.42. The van der Waals surface area contributed by atoms with Gasteiger partial charge in [0.15, 0.2) is 0 Å². The number of aryl methyl sites for hydroxylation is 2. The minimum absolute atomic E-state index is 0.107. The molecule has 100 valence electrons. The summed E-state index contributed by atoms with van der Waals surface area (Å²) < 4.78 is 6.53. The highest BCUT2D eigenvalue weighted by atomic mass is 32.1. The molecule has 0 radical (unpaired) electrons. The Bertz CT molecular complexity index is 670. The van der Waals surface area contributed by atoms with Gasteiger partial charge in [0.05, 0.1) is 9.75 Å². The van der Waals surface area contributed by atoms with E-state index in [-0.39, 0.29) is 10.3 Å². The molecule has 0 saturated heterocycles. The van der Waals surface area contributed by atoms with Crippen molar-refractivity contribution in [2.75, 3.05) is 0 Å². The molecular weight excluding hydrogens is 292 g/mol. The maximum Gasteiger partial charge on any atom is 0.140 e. The lowest BCUT2D eigenvalue weighted by Gasteiger charge is -2.53. The predicted molar refractivity (Wildman–Crippen MR) is 86.0 cm³/mol. The molecule has 2 aromatic rings. The molecule has 1 fully saturated rings. The van der Waals surface area contributed by atoms with Crippen LogP contribution >= 0.6 is 35.3 Å². The van der Waals surface area contributed by atoms with Gasteiger partial charge in [0, 0.05) is 32.9 Å². The van der Waals surface area contributed by atoms with Gasteiger partial charge in [-0.2, -0.15) is 12.6 Å². The molecule has 1 aliphatic carbocycles. The Morgan fingerprint density at radius 1 is 1.11 bits per heavy atom. The summed E-state index contributed by atoms with van der Waals surface area (Å²) in [4.78, 5) is 5.45. The smallest absolute Gasteiger partial charge is 0.140 e. The lowest BCUT2D eigenvalue weighted by Crippen LogP contribution is -2.54. The molecule has 0 atom stereocenters. The highest BCUT2D eigenvalue weighted by Gasteiger charge is 2.56. The van der Waals surface area contributed by atoms with Crippen LogP contribution in [0.4, 0.5) is 0 Å². The third kappa shape index (κ3) is 1.66. The molecule has 3 heterocycles. The second-order valence-corrected chi connectivity index (χ2v) is 9.69. The first-order valence-electron chi connectivity index (χ1n) is 6.52. The van der Waals surface area contributed by atoms with Crippen molar-refractivity contribution in [3.8, 4) is 15.5 Å². The minimum Gasteiger partial charge on any atom is -0.481 e. The Morgan fingerprint density at radius 2 is 1.74 bits per heavy atom. The Hall–Kier alpha value is -0.450. The highest BCUT2D eigenvalue weighted by Crippen LogP contribution is 2.62. The van der Waals surface area contributed by atoms with E-state index in [1.165, 1.54) is 25.1 Å². The summed E-state index contributed by atoms with van der Waals surface area (Å²) in [5.74, 6) is 1.08. The van der Waals surface area contributed by atoms with E-state index < -0.39 is 0 Å². The summed E-state index contributed by atoms with van der Waals surface area (Å²) in [6, 6.07) is 4.51. The van der Waals surface area contributed by atoms with Crippen LogP contribution in [0, 0.1) is 13.8 Å². The molecule has 4 rings (SSSR count). The van der Waals surface area contributed by atoms with E-state index in [0.717, 1.165) is 18.6 Å². The minimum atomic E-state index is -0.114. The average molecular weight is 308 g/mol. The number of fused-ring (bicyclic) bond motifs is 4. The van der Waals surface area contributed by atoms with E-state index in [1.54, 1.807) is 0 Å². The van der Waals surface area contributed by atoms with Crippen LogP contribution in [0.2, 0.25) is 0 Å². The Labute approximate surface area is 127 Å². The fourth-order valence-electron chi connectivity index (χ4n) is 3.45. The zero-order valence-electron chi connectivity index (χ0n) is 11.2. The standard InChI is InChI=1S/C15H16OS3/c1-8-4-10-12(18-8)13-11(5-9(2)19-13)16-15(10)6-14(3,17)7-15/h4-5,17H,6-7H2,1-3H3. The van der Waals surface area contributed by atoms with Crippen molar-refractivity contribution < 1.29 is 4.74 Å². The van der Waals surface area contributed by atoms with Crippen LogP contribution in [0.25, 0.3) is 9.75 Å². The number of ether oxygens (including phenoxy) is 1. The van der Waals surface area contributed by atoms with Crippen molar-refractivity contribution in [3.63, 3.8) is 0 Å². The van der Waals surface area contributed by atoms with Gasteiger partial charge >= 0.3 is 0 Å². The van der Waals surface area contributed by atoms with Gasteiger partial charge in [0.2, 0.25) is 0 Å². The zero-order chi connectivity index (χ0) is 13.4. The summed E-state index contributed by atoms with van der Waals surface area (Å²) in [7, 11) is 0.